The zero-order valence-corrected chi connectivity index (χ0v) is 19.0. The molecule has 1 aromatic heterocycles. The zero-order valence-electron chi connectivity index (χ0n) is 19.0. The number of fused-ring (bicyclic) bond motifs is 1. The number of aromatic amines is 1. The molecule has 3 atom stereocenters. The largest absolute Gasteiger partial charge is 0.496 e. The number of nitriles is 1. The topological polar surface area (TPSA) is 136 Å². The molecule has 3 rings (SSSR count). The number of carbonyl (C=O) groups is 3. The highest BCUT2D eigenvalue weighted by molar-refractivity contribution is 6.01. The van der Waals surface area contributed by atoms with Gasteiger partial charge in [0.25, 0.3) is 5.91 Å². The first-order valence-corrected chi connectivity index (χ1v) is 11.1. The van der Waals surface area contributed by atoms with Crippen molar-refractivity contribution in [2.75, 3.05) is 13.7 Å². The van der Waals surface area contributed by atoms with E-state index in [2.05, 4.69) is 20.9 Å². The number of amides is 3. The Hall–Kier alpha value is -3.75. The number of benzene rings is 1. The maximum Gasteiger partial charge on any atom is 0.389 e. The maximum atomic E-state index is 12.9. The van der Waals surface area contributed by atoms with Crippen molar-refractivity contribution in [3.8, 4) is 11.8 Å². The highest BCUT2D eigenvalue weighted by Gasteiger charge is 2.33. The molecule has 12 heteroatoms. The van der Waals surface area contributed by atoms with Gasteiger partial charge in [-0.1, -0.05) is 6.07 Å². The SMILES string of the molecule is COc1cccc2[nH]c(C(=O)N[C@@H](CCC(F)(F)F)C(=O)N[C@H](C#N)CC[C@@H]3CCNC3=O)cc12. The summed E-state index contributed by atoms with van der Waals surface area (Å²) >= 11 is 0. The second-order valence-corrected chi connectivity index (χ2v) is 8.33. The fourth-order valence-electron chi connectivity index (χ4n) is 3.97. The Morgan fingerprint density at radius 2 is 2.06 bits per heavy atom. The van der Waals surface area contributed by atoms with Gasteiger partial charge < -0.3 is 25.7 Å². The maximum absolute atomic E-state index is 12.9. The van der Waals surface area contributed by atoms with Crippen molar-refractivity contribution in [3.05, 3.63) is 30.0 Å². The van der Waals surface area contributed by atoms with Crippen LogP contribution in [0.4, 0.5) is 13.2 Å². The highest BCUT2D eigenvalue weighted by Crippen LogP contribution is 2.26. The van der Waals surface area contributed by atoms with Gasteiger partial charge >= 0.3 is 6.18 Å². The van der Waals surface area contributed by atoms with Crippen molar-refractivity contribution in [1.82, 2.24) is 20.9 Å². The third kappa shape index (κ3) is 6.88. The summed E-state index contributed by atoms with van der Waals surface area (Å²) in [6.45, 7) is 0.540. The van der Waals surface area contributed by atoms with Gasteiger partial charge in [-0.3, -0.25) is 14.4 Å². The molecule has 0 unspecified atom stereocenters. The highest BCUT2D eigenvalue weighted by atomic mass is 19.4. The summed E-state index contributed by atoms with van der Waals surface area (Å²) in [6.07, 6.45) is -5.42. The number of nitrogens with zero attached hydrogens (tertiary/aromatic N) is 1. The van der Waals surface area contributed by atoms with Crippen LogP contribution in [-0.4, -0.2) is 54.6 Å². The van der Waals surface area contributed by atoms with Crippen LogP contribution in [-0.2, 0) is 9.59 Å². The Morgan fingerprint density at radius 1 is 1.29 bits per heavy atom. The van der Waals surface area contributed by atoms with Crippen LogP contribution < -0.4 is 20.7 Å². The van der Waals surface area contributed by atoms with Crippen LogP contribution in [0, 0.1) is 17.2 Å². The summed E-state index contributed by atoms with van der Waals surface area (Å²) in [7, 11) is 1.46. The predicted molar refractivity (Wildman–Crippen MR) is 119 cm³/mol. The molecule has 2 aromatic rings. The number of methoxy groups -OCH3 is 1. The number of H-pyrrole nitrogens is 1. The molecule has 1 saturated heterocycles. The number of ether oxygens (including phenoxy) is 1. The monoisotopic (exact) mass is 493 g/mol. The van der Waals surface area contributed by atoms with Gasteiger partial charge in [0.15, 0.2) is 0 Å². The summed E-state index contributed by atoms with van der Waals surface area (Å²) in [5.41, 5.74) is 0.615. The van der Waals surface area contributed by atoms with Gasteiger partial charge in [0.1, 0.15) is 23.5 Å². The molecule has 0 spiro atoms. The van der Waals surface area contributed by atoms with Crippen molar-refractivity contribution >= 4 is 28.6 Å². The summed E-state index contributed by atoms with van der Waals surface area (Å²) in [4.78, 5) is 40.1. The lowest BCUT2D eigenvalue weighted by Crippen LogP contribution is -2.50. The Kier molecular flexibility index (Phi) is 8.22. The van der Waals surface area contributed by atoms with E-state index in [9.17, 15) is 32.8 Å². The zero-order chi connectivity index (χ0) is 25.6. The number of hydrogen-bond acceptors (Lipinski definition) is 5. The van der Waals surface area contributed by atoms with Crippen molar-refractivity contribution in [2.45, 2.75) is 50.4 Å². The number of nitrogens with one attached hydrogen (secondary N) is 4. The summed E-state index contributed by atoms with van der Waals surface area (Å²) in [6, 6.07) is 5.93. The van der Waals surface area contributed by atoms with Crippen LogP contribution >= 0.6 is 0 Å². The molecule has 0 radical (unpaired) electrons. The van der Waals surface area contributed by atoms with Gasteiger partial charge in [-0.2, -0.15) is 18.4 Å². The minimum Gasteiger partial charge on any atom is -0.496 e. The van der Waals surface area contributed by atoms with Gasteiger partial charge in [-0.15, -0.1) is 0 Å². The van der Waals surface area contributed by atoms with E-state index in [1.54, 1.807) is 18.2 Å². The van der Waals surface area contributed by atoms with Gasteiger partial charge in [0.2, 0.25) is 11.8 Å². The lowest BCUT2D eigenvalue weighted by atomic mass is 9.98. The van der Waals surface area contributed by atoms with E-state index in [0.29, 0.717) is 36.0 Å². The summed E-state index contributed by atoms with van der Waals surface area (Å²) in [5.74, 6) is -1.59. The lowest BCUT2D eigenvalue weighted by Gasteiger charge is -2.21. The Labute approximate surface area is 199 Å². The van der Waals surface area contributed by atoms with Crippen LogP contribution in [0.15, 0.2) is 24.3 Å². The number of halogens is 3. The van der Waals surface area contributed by atoms with Crippen molar-refractivity contribution in [2.24, 2.45) is 5.92 Å². The first-order valence-electron chi connectivity index (χ1n) is 11.1. The summed E-state index contributed by atoms with van der Waals surface area (Å²) < 4.78 is 43.8. The quantitative estimate of drug-likeness (QED) is 0.403. The van der Waals surface area contributed by atoms with Crippen LogP contribution in [0.3, 0.4) is 0 Å². The molecule has 1 aromatic carbocycles. The van der Waals surface area contributed by atoms with Crippen LogP contribution in [0.5, 0.6) is 5.75 Å². The Bertz CT molecular complexity index is 1120. The van der Waals surface area contributed by atoms with E-state index >= 15 is 0 Å². The molecule has 35 heavy (non-hydrogen) atoms. The average molecular weight is 493 g/mol. The number of aromatic nitrogens is 1. The molecule has 2 heterocycles. The van der Waals surface area contributed by atoms with Gasteiger partial charge in [0, 0.05) is 29.8 Å². The molecule has 0 aliphatic carbocycles. The van der Waals surface area contributed by atoms with Crippen molar-refractivity contribution < 1.29 is 32.3 Å². The van der Waals surface area contributed by atoms with E-state index in [4.69, 9.17) is 4.74 Å². The Balaban J connectivity index is 1.70. The van der Waals surface area contributed by atoms with Crippen molar-refractivity contribution in [1.29, 1.82) is 5.26 Å². The number of rotatable bonds is 10. The van der Waals surface area contributed by atoms with E-state index in [0.717, 1.165) is 0 Å². The van der Waals surface area contributed by atoms with Crippen LogP contribution in [0.25, 0.3) is 10.9 Å². The first-order chi connectivity index (χ1) is 16.6. The van der Waals surface area contributed by atoms with E-state index in [-0.39, 0.29) is 23.9 Å². The number of hydrogen-bond donors (Lipinski definition) is 4. The smallest absolute Gasteiger partial charge is 0.389 e. The Morgan fingerprint density at radius 3 is 2.69 bits per heavy atom. The van der Waals surface area contributed by atoms with Gasteiger partial charge in [-0.25, -0.2) is 0 Å². The second-order valence-electron chi connectivity index (χ2n) is 8.33. The van der Waals surface area contributed by atoms with Gasteiger partial charge in [-0.05, 0) is 43.9 Å². The fourth-order valence-corrected chi connectivity index (χ4v) is 3.97. The number of carbonyl (C=O) groups excluding carboxylic acids is 3. The first kappa shape index (κ1) is 25.9. The fraction of sp³-hybridized carbons (Fsp3) is 0.478. The molecule has 1 fully saturated rings. The van der Waals surface area contributed by atoms with E-state index in [1.165, 1.54) is 13.2 Å². The summed E-state index contributed by atoms with van der Waals surface area (Å²) in [5, 5.41) is 17.4. The lowest BCUT2D eigenvalue weighted by molar-refractivity contribution is -0.139. The van der Waals surface area contributed by atoms with Gasteiger partial charge in [0.05, 0.1) is 13.2 Å². The third-order valence-electron chi connectivity index (χ3n) is 5.87. The molecule has 1 aliphatic heterocycles. The molecule has 4 N–H and O–H groups in total. The van der Waals surface area contributed by atoms with E-state index in [1.807, 2.05) is 6.07 Å². The molecular formula is C23H26F3N5O4. The molecular weight excluding hydrogens is 467 g/mol. The minimum atomic E-state index is -4.54. The third-order valence-corrected chi connectivity index (χ3v) is 5.87. The van der Waals surface area contributed by atoms with Crippen LogP contribution in [0.1, 0.15) is 42.6 Å². The number of alkyl halides is 3. The molecule has 0 saturated carbocycles. The molecule has 3 amide bonds. The standard InChI is InChI=1S/C23H26F3N5O4/c1-35-19-4-2-3-16-15(19)11-18(30-16)22(34)31-17(7-9-23(24,25)26)21(33)29-14(12-27)6-5-13-8-10-28-20(13)32/h2-4,11,13-14,17,30H,5-10H2,1H3,(H,28,32)(H,29,33)(H,31,34)/t13-,14+,17+/m1/s1. The average Bonchev–Trinajstić information content (AvgIpc) is 3.44. The van der Waals surface area contributed by atoms with E-state index < -0.39 is 42.9 Å². The molecule has 0 bridgehead atoms. The predicted octanol–water partition coefficient (Wildman–Crippen LogP) is 2.54. The molecule has 188 valence electrons. The molecule has 9 nitrogen and oxygen atoms in total. The second kappa shape index (κ2) is 11.1. The van der Waals surface area contributed by atoms with Crippen LogP contribution in [0.2, 0.25) is 0 Å². The minimum absolute atomic E-state index is 0.0402. The van der Waals surface area contributed by atoms with Crippen molar-refractivity contribution in [3.63, 3.8) is 0 Å². The molecule has 1 aliphatic rings. The normalized spacial score (nSPS) is 17.3.